The van der Waals surface area contributed by atoms with Crippen LogP contribution in [0, 0.1) is 5.92 Å². The molecular weight excluding hydrogens is 330 g/mol. The van der Waals surface area contributed by atoms with Crippen LogP contribution in [0.5, 0.6) is 11.5 Å². The fourth-order valence-corrected chi connectivity index (χ4v) is 2.81. The minimum atomic E-state index is 0.0130. The number of hydrogen-bond donors (Lipinski definition) is 2. The quantitative estimate of drug-likeness (QED) is 0.492. The van der Waals surface area contributed by atoms with Gasteiger partial charge < -0.3 is 24.8 Å². The van der Waals surface area contributed by atoms with Crippen molar-refractivity contribution in [1.29, 1.82) is 0 Å². The molecule has 2 atom stereocenters. The zero-order valence-corrected chi connectivity index (χ0v) is 17.3. The molecular formula is C20H35N3O3. The van der Waals surface area contributed by atoms with Crippen molar-refractivity contribution in [3.8, 4) is 11.5 Å². The Morgan fingerprint density at radius 1 is 1.15 bits per heavy atom. The highest BCUT2D eigenvalue weighted by Crippen LogP contribution is 2.29. The third kappa shape index (κ3) is 6.75. The Kier molecular flexibility index (Phi) is 9.88. The first-order valence-electron chi connectivity index (χ1n) is 9.27. The van der Waals surface area contributed by atoms with Crippen LogP contribution in [-0.4, -0.2) is 46.5 Å². The molecule has 0 saturated heterocycles. The molecule has 148 valence electrons. The second-order valence-electron chi connectivity index (χ2n) is 6.50. The van der Waals surface area contributed by atoms with E-state index in [-0.39, 0.29) is 12.1 Å². The molecule has 2 N–H and O–H groups in total. The van der Waals surface area contributed by atoms with Gasteiger partial charge in [0.25, 0.3) is 0 Å². The zero-order chi connectivity index (χ0) is 19.5. The van der Waals surface area contributed by atoms with Gasteiger partial charge in [0, 0.05) is 25.8 Å². The Morgan fingerprint density at radius 3 is 2.42 bits per heavy atom. The van der Waals surface area contributed by atoms with Crippen molar-refractivity contribution in [1.82, 2.24) is 10.6 Å². The van der Waals surface area contributed by atoms with Gasteiger partial charge in [0.15, 0.2) is 5.96 Å². The van der Waals surface area contributed by atoms with Crippen molar-refractivity contribution in [3.05, 3.63) is 23.8 Å². The van der Waals surface area contributed by atoms with Crippen LogP contribution in [0.1, 0.15) is 45.7 Å². The largest absolute Gasteiger partial charge is 0.497 e. The summed E-state index contributed by atoms with van der Waals surface area (Å²) in [6.07, 6.45) is 1.18. The van der Waals surface area contributed by atoms with Gasteiger partial charge in [0.05, 0.1) is 26.4 Å². The summed E-state index contributed by atoms with van der Waals surface area (Å²) < 4.78 is 16.6. The Balaban J connectivity index is 2.67. The number of nitrogens with one attached hydrogen (secondary N) is 2. The third-order valence-corrected chi connectivity index (χ3v) is 4.33. The number of hydrogen-bond acceptors (Lipinski definition) is 4. The summed E-state index contributed by atoms with van der Waals surface area (Å²) in [7, 11) is 5.10. The van der Waals surface area contributed by atoms with Crippen molar-refractivity contribution in [3.63, 3.8) is 0 Å². The molecule has 26 heavy (non-hydrogen) atoms. The van der Waals surface area contributed by atoms with Crippen LogP contribution < -0.4 is 20.1 Å². The molecule has 2 unspecified atom stereocenters. The monoisotopic (exact) mass is 365 g/mol. The molecule has 0 heterocycles. The first kappa shape index (κ1) is 22.1. The highest BCUT2D eigenvalue weighted by molar-refractivity contribution is 5.80. The van der Waals surface area contributed by atoms with E-state index in [9.17, 15) is 0 Å². The summed E-state index contributed by atoms with van der Waals surface area (Å²) in [6.45, 7) is 10.0. The number of benzene rings is 1. The predicted octanol–water partition coefficient (Wildman–Crippen LogP) is 3.38. The predicted molar refractivity (Wildman–Crippen MR) is 107 cm³/mol. The maximum Gasteiger partial charge on any atom is 0.191 e. The van der Waals surface area contributed by atoms with Gasteiger partial charge in [-0.1, -0.05) is 13.8 Å². The Bertz CT molecular complexity index is 561. The van der Waals surface area contributed by atoms with Gasteiger partial charge in [-0.3, -0.25) is 4.99 Å². The lowest BCUT2D eigenvalue weighted by Gasteiger charge is -2.23. The molecule has 1 aromatic rings. The van der Waals surface area contributed by atoms with Crippen LogP contribution in [0.2, 0.25) is 0 Å². The molecule has 6 heteroatoms. The van der Waals surface area contributed by atoms with Crippen LogP contribution in [0.4, 0.5) is 0 Å². The summed E-state index contributed by atoms with van der Waals surface area (Å²) in [5.41, 5.74) is 1.02. The average molecular weight is 366 g/mol. The van der Waals surface area contributed by atoms with Gasteiger partial charge >= 0.3 is 0 Å². The van der Waals surface area contributed by atoms with Crippen LogP contribution in [0.15, 0.2) is 23.2 Å². The smallest absolute Gasteiger partial charge is 0.191 e. The topological polar surface area (TPSA) is 64.1 Å². The molecule has 1 rings (SSSR count). The van der Waals surface area contributed by atoms with Gasteiger partial charge in [-0.15, -0.1) is 0 Å². The Hall–Kier alpha value is -1.95. The fourth-order valence-electron chi connectivity index (χ4n) is 2.81. The average Bonchev–Trinajstić information content (AvgIpc) is 2.65. The van der Waals surface area contributed by atoms with Crippen molar-refractivity contribution >= 4 is 5.96 Å². The number of guanidine groups is 1. The van der Waals surface area contributed by atoms with E-state index in [4.69, 9.17) is 14.2 Å². The molecule has 0 amide bonds. The van der Waals surface area contributed by atoms with Crippen LogP contribution >= 0.6 is 0 Å². The maximum atomic E-state index is 5.79. The van der Waals surface area contributed by atoms with Gasteiger partial charge in [-0.2, -0.15) is 0 Å². The number of methoxy groups -OCH3 is 2. The lowest BCUT2D eigenvalue weighted by molar-refractivity contribution is 0.0258. The number of aliphatic imine (C=N–C) groups is 1. The standard InChI is InChI=1S/C20H35N3O3/c1-8-26-18(14(2)3)11-12-22-20(21-5)23-15(4)17-13-16(24-6)9-10-19(17)25-7/h9-10,13-15,18H,8,11-12H2,1-7H3,(H2,21,22,23). The number of nitrogens with zero attached hydrogens (tertiary/aromatic N) is 1. The number of ether oxygens (including phenoxy) is 3. The van der Waals surface area contributed by atoms with E-state index >= 15 is 0 Å². The first-order valence-corrected chi connectivity index (χ1v) is 9.27. The molecule has 0 bridgehead atoms. The van der Waals surface area contributed by atoms with E-state index < -0.39 is 0 Å². The maximum absolute atomic E-state index is 5.79. The van der Waals surface area contributed by atoms with Gasteiger partial charge in [0.2, 0.25) is 0 Å². The van der Waals surface area contributed by atoms with Crippen molar-refractivity contribution in [2.24, 2.45) is 10.9 Å². The van der Waals surface area contributed by atoms with E-state index in [0.717, 1.165) is 42.6 Å². The van der Waals surface area contributed by atoms with Crippen molar-refractivity contribution in [2.45, 2.75) is 46.3 Å². The second kappa shape index (κ2) is 11.6. The zero-order valence-electron chi connectivity index (χ0n) is 17.3. The van der Waals surface area contributed by atoms with Crippen LogP contribution in [-0.2, 0) is 4.74 Å². The van der Waals surface area contributed by atoms with Crippen LogP contribution in [0.25, 0.3) is 0 Å². The minimum Gasteiger partial charge on any atom is -0.497 e. The summed E-state index contributed by atoms with van der Waals surface area (Å²) in [5, 5.41) is 6.77. The molecule has 0 aliphatic rings. The molecule has 1 aromatic carbocycles. The van der Waals surface area contributed by atoms with E-state index in [1.54, 1.807) is 21.3 Å². The fraction of sp³-hybridized carbons (Fsp3) is 0.650. The van der Waals surface area contributed by atoms with E-state index in [2.05, 4.69) is 36.4 Å². The Labute approximate surface area is 158 Å². The molecule has 0 aliphatic heterocycles. The summed E-state index contributed by atoms with van der Waals surface area (Å²) in [4.78, 5) is 4.32. The molecule has 0 aliphatic carbocycles. The van der Waals surface area contributed by atoms with Gasteiger partial charge in [-0.05, 0) is 44.4 Å². The molecule has 6 nitrogen and oxygen atoms in total. The third-order valence-electron chi connectivity index (χ3n) is 4.33. The Morgan fingerprint density at radius 2 is 1.88 bits per heavy atom. The second-order valence-corrected chi connectivity index (χ2v) is 6.50. The minimum absolute atomic E-state index is 0.0130. The van der Waals surface area contributed by atoms with E-state index in [1.165, 1.54) is 0 Å². The van der Waals surface area contributed by atoms with E-state index in [0.29, 0.717) is 5.92 Å². The molecule has 0 radical (unpaired) electrons. The lowest BCUT2D eigenvalue weighted by atomic mass is 10.0. The van der Waals surface area contributed by atoms with Crippen LogP contribution in [0.3, 0.4) is 0 Å². The number of rotatable bonds is 10. The highest BCUT2D eigenvalue weighted by Gasteiger charge is 2.16. The van der Waals surface area contributed by atoms with E-state index in [1.807, 2.05) is 25.1 Å². The van der Waals surface area contributed by atoms with Crippen molar-refractivity contribution in [2.75, 3.05) is 34.4 Å². The first-order chi connectivity index (χ1) is 12.5. The summed E-state index contributed by atoms with van der Waals surface area (Å²) >= 11 is 0. The summed E-state index contributed by atoms with van der Waals surface area (Å²) in [6, 6.07) is 5.80. The van der Waals surface area contributed by atoms with Crippen molar-refractivity contribution < 1.29 is 14.2 Å². The normalized spacial score (nSPS) is 14.1. The van der Waals surface area contributed by atoms with Gasteiger partial charge in [0.1, 0.15) is 11.5 Å². The lowest BCUT2D eigenvalue weighted by Crippen LogP contribution is -2.40. The highest BCUT2D eigenvalue weighted by atomic mass is 16.5. The van der Waals surface area contributed by atoms with Gasteiger partial charge in [-0.25, -0.2) is 0 Å². The molecule has 0 aromatic heterocycles. The summed E-state index contributed by atoms with van der Waals surface area (Å²) in [5.74, 6) is 2.86. The SMILES string of the molecule is CCOC(CCNC(=NC)NC(C)c1cc(OC)ccc1OC)C(C)C. The molecule has 0 spiro atoms. The molecule has 0 saturated carbocycles. The molecule has 0 fully saturated rings.